The Balaban J connectivity index is 2.25. The molecule has 2 atom stereocenters. The van der Waals surface area contributed by atoms with Crippen molar-refractivity contribution in [1.29, 1.82) is 0 Å². The van der Waals surface area contributed by atoms with Gasteiger partial charge in [-0.1, -0.05) is 13.3 Å². The van der Waals surface area contributed by atoms with Crippen LogP contribution in [-0.4, -0.2) is 35.9 Å². The monoisotopic (exact) mass is 300 g/mol. The van der Waals surface area contributed by atoms with Crippen molar-refractivity contribution in [2.24, 2.45) is 5.14 Å². The van der Waals surface area contributed by atoms with Gasteiger partial charge in [0.1, 0.15) is 11.1 Å². The number of aromatic nitrogens is 2. The maximum atomic E-state index is 12.0. The van der Waals surface area contributed by atoms with Crippen LogP contribution in [0.3, 0.4) is 0 Å². The maximum absolute atomic E-state index is 12.0. The lowest BCUT2D eigenvalue weighted by atomic mass is 10.2. The smallest absolute Gasteiger partial charge is 0.229 e. The zero-order valence-corrected chi connectivity index (χ0v) is 12.5. The van der Waals surface area contributed by atoms with E-state index in [-0.39, 0.29) is 24.9 Å². The number of nitrogens with zero attached hydrogens (tertiary/aromatic N) is 3. The van der Waals surface area contributed by atoms with Crippen LogP contribution in [0.5, 0.6) is 0 Å². The first-order valence-corrected chi connectivity index (χ1v) is 8.31. The molecule has 0 radical (unpaired) electrons. The van der Waals surface area contributed by atoms with E-state index in [0.717, 1.165) is 12.8 Å². The van der Waals surface area contributed by atoms with Crippen LogP contribution < -0.4 is 10.0 Å². The van der Waals surface area contributed by atoms with Crippen molar-refractivity contribution in [3.05, 3.63) is 12.3 Å². The van der Waals surface area contributed by atoms with Gasteiger partial charge in [-0.25, -0.2) is 18.2 Å². The Morgan fingerprint density at radius 1 is 1.55 bits per heavy atom. The maximum Gasteiger partial charge on any atom is 0.229 e. The van der Waals surface area contributed by atoms with Crippen LogP contribution in [0.15, 0.2) is 12.3 Å². The fourth-order valence-corrected chi connectivity index (χ4v) is 3.25. The van der Waals surface area contributed by atoms with E-state index in [0.29, 0.717) is 5.82 Å². The SMILES string of the molecule is CCCC(C)n1nccc1N1CC(S(N)(=O)=O)CC1=O. The molecule has 2 heterocycles. The van der Waals surface area contributed by atoms with Crippen LogP contribution in [0, 0.1) is 0 Å². The van der Waals surface area contributed by atoms with Gasteiger partial charge in [-0.05, 0) is 13.3 Å². The van der Waals surface area contributed by atoms with Crippen LogP contribution >= 0.6 is 0 Å². The quantitative estimate of drug-likeness (QED) is 0.862. The molecule has 0 aliphatic carbocycles. The molecule has 1 aromatic rings. The number of amides is 1. The molecule has 0 saturated carbocycles. The molecule has 7 nitrogen and oxygen atoms in total. The number of carbonyl (C=O) groups excluding carboxylic acids is 1. The van der Waals surface area contributed by atoms with Crippen molar-refractivity contribution < 1.29 is 13.2 Å². The van der Waals surface area contributed by atoms with E-state index < -0.39 is 15.3 Å². The Bertz CT molecular complexity index is 596. The third kappa shape index (κ3) is 2.85. The Kier molecular flexibility index (Phi) is 4.14. The first-order valence-electron chi connectivity index (χ1n) is 6.70. The topological polar surface area (TPSA) is 98.3 Å². The third-order valence-electron chi connectivity index (χ3n) is 3.60. The highest BCUT2D eigenvalue weighted by molar-refractivity contribution is 7.89. The highest BCUT2D eigenvalue weighted by Crippen LogP contribution is 2.27. The summed E-state index contributed by atoms with van der Waals surface area (Å²) in [6, 6.07) is 1.89. The lowest BCUT2D eigenvalue weighted by molar-refractivity contribution is -0.117. The number of primary sulfonamides is 1. The molecule has 8 heteroatoms. The van der Waals surface area contributed by atoms with Crippen molar-refractivity contribution in [3.63, 3.8) is 0 Å². The molecule has 1 saturated heterocycles. The molecule has 0 bridgehead atoms. The summed E-state index contributed by atoms with van der Waals surface area (Å²) in [6.45, 7) is 4.21. The van der Waals surface area contributed by atoms with Gasteiger partial charge in [-0.3, -0.25) is 9.69 Å². The van der Waals surface area contributed by atoms with Gasteiger partial charge >= 0.3 is 0 Å². The number of hydrogen-bond acceptors (Lipinski definition) is 4. The lowest BCUT2D eigenvalue weighted by Crippen LogP contribution is -2.33. The number of nitrogens with two attached hydrogens (primary N) is 1. The predicted octanol–water partition coefficient (Wildman–Crippen LogP) is 0.638. The molecule has 20 heavy (non-hydrogen) atoms. The van der Waals surface area contributed by atoms with Gasteiger partial charge in [0.15, 0.2) is 0 Å². The average molecular weight is 300 g/mol. The van der Waals surface area contributed by atoms with Gasteiger partial charge in [0.2, 0.25) is 15.9 Å². The fraction of sp³-hybridized carbons (Fsp3) is 0.667. The molecule has 2 unspecified atom stereocenters. The zero-order valence-electron chi connectivity index (χ0n) is 11.7. The molecule has 1 fully saturated rings. The van der Waals surface area contributed by atoms with E-state index in [9.17, 15) is 13.2 Å². The van der Waals surface area contributed by atoms with Gasteiger partial charge in [0.05, 0.1) is 12.2 Å². The molecule has 112 valence electrons. The van der Waals surface area contributed by atoms with E-state index in [1.807, 2.05) is 6.92 Å². The van der Waals surface area contributed by atoms with Crippen molar-refractivity contribution in [1.82, 2.24) is 9.78 Å². The molecule has 1 aromatic heterocycles. The Morgan fingerprint density at radius 3 is 2.80 bits per heavy atom. The van der Waals surface area contributed by atoms with Gasteiger partial charge in [-0.2, -0.15) is 5.10 Å². The minimum atomic E-state index is -3.69. The molecule has 2 rings (SSSR count). The van der Waals surface area contributed by atoms with Gasteiger partial charge in [0.25, 0.3) is 0 Å². The summed E-state index contributed by atoms with van der Waals surface area (Å²) in [5, 5.41) is 8.54. The highest BCUT2D eigenvalue weighted by Gasteiger charge is 2.38. The number of rotatable bonds is 5. The average Bonchev–Trinajstić information content (AvgIpc) is 2.94. The van der Waals surface area contributed by atoms with Crippen molar-refractivity contribution >= 4 is 21.7 Å². The fourth-order valence-electron chi connectivity index (χ4n) is 2.52. The molecule has 1 amide bonds. The second-order valence-electron chi connectivity index (χ2n) is 5.19. The molecule has 0 spiro atoms. The van der Waals surface area contributed by atoms with E-state index in [1.54, 1.807) is 16.9 Å². The van der Waals surface area contributed by atoms with Crippen molar-refractivity contribution in [3.8, 4) is 0 Å². The summed E-state index contributed by atoms with van der Waals surface area (Å²) in [7, 11) is -3.69. The first kappa shape index (κ1) is 15.0. The lowest BCUT2D eigenvalue weighted by Gasteiger charge is -2.21. The third-order valence-corrected chi connectivity index (χ3v) is 4.85. The minimum absolute atomic E-state index is 0.0633. The zero-order chi connectivity index (χ0) is 14.9. The standard InChI is InChI=1S/C12H20N4O3S/c1-3-4-9(2)16-11(5-6-14-16)15-8-10(7-12(15)17)20(13,18)19/h5-6,9-10H,3-4,7-8H2,1-2H3,(H2,13,18,19). The van der Waals surface area contributed by atoms with Gasteiger partial charge in [0, 0.05) is 19.0 Å². The Labute approximate surface area is 118 Å². The van der Waals surface area contributed by atoms with E-state index in [2.05, 4.69) is 12.0 Å². The van der Waals surface area contributed by atoms with Crippen LogP contribution in [-0.2, 0) is 14.8 Å². The van der Waals surface area contributed by atoms with Crippen molar-refractivity contribution in [2.75, 3.05) is 11.4 Å². The second kappa shape index (κ2) is 5.53. The summed E-state index contributed by atoms with van der Waals surface area (Å²) in [5.74, 6) is 0.413. The molecule has 1 aliphatic rings. The second-order valence-corrected chi connectivity index (χ2v) is 7.04. The van der Waals surface area contributed by atoms with E-state index in [4.69, 9.17) is 5.14 Å². The Hall–Kier alpha value is -1.41. The number of hydrogen-bond donors (Lipinski definition) is 1. The minimum Gasteiger partial charge on any atom is -0.296 e. The summed E-state index contributed by atoms with van der Waals surface area (Å²) in [5.41, 5.74) is 0. The van der Waals surface area contributed by atoms with Crippen molar-refractivity contribution in [2.45, 2.75) is 44.4 Å². The predicted molar refractivity (Wildman–Crippen MR) is 75.7 cm³/mol. The molecule has 2 N–H and O–H groups in total. The van der Waals surface area contributed by atoms with E-state index >= 15 is 0 Å². The largest absolute Gasteiger partial charge is 0.296 e. The molecular weight excluding hydrogens is 280 g/mol. The number of anilines is 1. The van der Waals surface area contributed by atoms with Crippen LogP contribution in [0.1, 0.15) is 39.2 Å². The first-order chi connectivity index (χ1) is 9.34. The van der Waals surface area contributed by atoms with Crippen LogP contribution in [0.2, 0.25) is 0 Å². The normalized spacial score (nSPS) is 21.4. The number of sulfonamides is 1. The number of carbonyl (C=O) groups is 1. The van der Waals surface area contributed by atoms with Crippen LogP contribution in [0.25, 0.3) is 0 Å². The van der Waals surface area contributed by atoms with Gasteiger partial charge in [-0.15, -0.1) is 0 Å². The highest BCUT2D eigenvalue weighted by atomic mass is 32.2. The molecular formula is C12H20N4O3S. The molecule has 0 aromatic carbocycles. The van der Waals surface area contributed by atoms with E-state index in [1.165, 1.54) is 4.90 Å². The summed E-state index contributed by atoms with van der Waals surface area (Å²) >= 11 is 0. The summed E-state index contributed by atoms with van der Waals surface area (Å²) < 4.78 is 24.6. The molecule has 1 aliphatic heterocycles. The van der Waals surface area contributed by atoms with Gasteiger partial charge < -0.3 is 0 Å². The summed E-state index contributed by atoms with van der Waals surface area (Å²) in [6.07, 6.45) is 3.51. The van der Waals surface area contributed by atoms with Crippen LogP contribution in [0.4, 0.5) is 5.82 Å². The summed E-state index contributed by atoms with van der Waals surface area (Å²) in [4.78, 5) is 13.5. The Morgan fingerprint density at radius 2 is 2.25 bits per heavy atom.